The van der Waals surface area contributed by atoms with Crippen LogP contribution in [-0.4, -0.2) is 12.6 Å². The summed E-state index contributed by atoms with van der Waals surface area (Å²) < 4.78 is 13.0. The smallest absolute Gasteiger partial charge is 0.123 e. The highest BCUT2D eigenvalue weighted by atomic mass is 19.1. The Balaban J connectivity index is 2.18. The minimum atomic E-state index is -0.140. The van der Waals surface area contributed by atoms with Gasteiger partial charge < -0.3 is 5.32 Å². The molecule has 0 aliphatic heterocycles. The molecule has 1 saturated carbocycles. The van der Waals surface area contributed by atoms with Crippen LogP contribution in [0.1, 0.15) is 45.1 Å². The van der Waals surface area contributed by atoms with Crippen molar-refractivity contribution in [2.45, 2.75) is 51.0 Å². The molecule has 1 aromatic rings. The van der Waals surface area contributed by atoms with Crippen molar-refractivity contribution < 1.29 is 4.39 Å². The number of hydrogen-bond acceptors (Lipinski definition) is 1. The summed E-state index contributed by atoms with van der Waals surface area (Å²) in [5.41, 5.74) is 1.53. The predicted molar refractivity (Wildman–Crippen MR) is 69.7 cm³/mol. The average Bonchev–Trinajstić information content (AvgIpc) is 2.77. The van der Waals surface area contributed by atoms with Crippen LogP contribution in [-0.2, 0) is 5.41 Å². The third-order valence-electron chi connectivity index (χ3n) is 3.87. The molecular formula is C15H22FN. The third kappa shape index (κ3) is 2.86. The minimum Gasteiger partial charge on any atom is -0.314 e. The molecule has 0 spiro atoms. The second-order valence-corrected chi connectivity index (χ2v) is 5.53. The van der Waals surface area contributed by atoms with Gasteiger partial charge in [-0.25, -0.2) is 4.39 Å². The first-order valence-electron chi connectivity index (χ1n) is 6.62. The lowest BCUT2D eigenvalue weighted by atomic mass is 9.78. The van der Waals surface area contributed by atoms with Crippen molar-refractivity contribution in [3.63, 3.8) is 0 Å². The van der Waals surface area contributed by atoms with Gasteiger partial charge in [-0.2, -0.15) is 0 Å². The van der Waals surface area contributed by atoms with Gasteiger partial charge in [0.05, 0.1) is 0 Å². The molecule has 2 heteroatoms. The highest BCUT2D eigenvalue weighted by Gasteiger charge is 2.35. The lowest BCUT2D eigenvalue weighted by molar-refractivity contribution is 0.386. The zero-order chi connectivity index (χ0) is 12.3. The van der Waals surface area contributed by atoms with Gasteiger partial charge in [0.25, 0.3) is 0 Å². The van der Waals surface area contributed by atoms with E-state index in [9.17, 15) is 4.39 Å². The van der Waals surface area contributed by atoms with Crippen molar-refractivity contribution in [1.29, 1.82) is 0 Å². The summed E-state index contributed by atoms with van der Waals surface area (Å²) in [6, 6.07) is 7.61. The Morgan fingerprint density at radius 2 is 1.76 bits per heavy atom. The summed E-state index contributed by atoms with van der Waals surface area (Å²) in [7, 11) is 0. The highest BCUT2D eigenvalue weighted by molar-refractivity contribution is 5.27. The maximum atomic E-state index is 13.0. The second kappa shape index (κ2) is 5.18. The molecule has 0 unspecified atom stereocenters. The van der Waals surface area contributed by atoms with Crippen molar-refractivity contribution in [1.82, 2.24) is 5.32 Å². The molecule has 0 heterocycles. The SMILES string of the molecule is CC(C)NCC1(c2ccc(F)cc2)CCCC1. The summed E-state index contributed by atoms with van der Waals surface area (Å²) in [4.78, 5) is 0. The average molecular weight is 235 g/mol. The van der Waals surface area contributed by atoms with E-state index in [0.29, 0.717) is 6.04 Å². The molecule has 1 fully saturated rings. The first-order valence-corrected chi connectivity index (χ1v) is 6.62. The van der Waals surface area contributed by atoms with E-state index in [1.165, 1.54) is 31.2 Å². The lowest BCUT2D eigenvalue weighted by Crippen LogP contribution is -2.39. The fraction of sp³-hybridized carbons (Fsp3) is 0.600. The number of benzene rings is 1. The van der Waals surface area contributed by atoms with E-state index in [4.69, 9.17) is 0 Å². The molecule has 1 aromatic carbocycles. The Labute approximate surface area is 103 Å². The molecule has 0 aromatic heterocycles. The summed E-state index contributed by atoms with van der Waals surface area (Å²) in [6.45, 7) is 5.36. The molecule has 0 radical (unpaired) electrons. The van der Waals surface area contributed by atoms with E-state index in [-0.39, 0.29) is 11.2 Å². The highest BCUT2D eigenvalue weighted by Crippen LogP contribution is 2.40. The summed E-state index contributed by atoms with van der Waals surface area (Å²) in [5, 5.41) is 3.55. The van der Waals surface area contributed by atoms with Crippen LogP contribution in [0.25, 0.3) is 0 Å². The van der Waals surface area contributed by atoms with Gasteiger partial charge in [0.1, 0.15) is 5.82 Å². The largest absolute Gasteiger partial charge is 0.314 e. The summed E-state index contributed by atoms with van der Waals surface area (Å²) in [5.74, 6) is -0.140. The number of halogens is 1. The molecule has 1 aliphatic carbocycles. The lowest BCUT2D eigenvalue weighted by Gasteiger charge is -2.31. The van der Waals surface area contributed by atoms with E-state index in [1.54, 1.807) is 12.1 Å². The number of nitrogens with one attached hydrogen (secondary N) is 1. The van der Waals surface area contributed by atoms with E-state index in [1.807, 2.05) is 12.1 Å². The van der Waals surface area contributed by atoms with Gasteiger partial charge >= 0.3 is 0 Å². The maximum Gasteiger partial charge on any atom is 0.123 e. The van der Waals surface area contributed by atoms with Gasteiger partial charge in [-0.15, -0.1) is 0 Å². The van der Waals surface area contributed by atoms with Crippen molar-refractivity contribution in [3.8, 4) is 0 Å². The Morgan fingerprint density at radius 3 is 2.29 bits per heavy atom. The van der Waals surface area contributed by atoms with Crippen molar-refractivity contribution in [3.05, 3.63) is 35.6 Å². The summed E-state index contributed by atoms with van der Waals surface area (Å²) >= 11 is 0. The van der Waals surface area contributed by atoms with E-state index in [0.717, 1.165) is 6.54 Å². The molecule has 0 saturated heterocycles. The minimum absolute atomic E-state index is 0.140. The van der Waals surface area contributed by atoms with Crippen LogP contribution >= 0.6 is 0 Å². The van der Waals surface area contributed by atoms with Gasteiger partial charge in [0.2, 0.25) is 0 Å². The van der Waals surface area contributed by atoms with E-state index in [2.05, 4.69) is 19.2 Å². The summed E-state index contributed by atoms with van der Waals surface area (Å²) in [6.07, 6.45) is 5.02. The molecule has 1 N–H and O–H groups in total. The predicted octanol–water partition coefficient (Wildman–Crippen LogP) is 3.64. The van der Waals surface area contributed by atoms with Crippen molar-refractivity contribution in [2.75, 3.05) is 6.54 Å². The second-order valence-electron chi connectivity index (χ2n) is 5.53. The molecular weight excluding hydrogens is 213 g/mol. The van der Waals surface area contributed by atoms with Gasteiger partial charge in [-0.3, -0.25) is 0 Å². The monoisotopic (exact) mass is 235 g/mol. The number of rotatable bonds is 4. The topological polar surface area (TPSA) is 12.0 Å². The molecule has 94 valence electrons. The molecule has 0 bridgehead atoms. The molecule has 0 amide bonds. The van der Waals surface area contributed by atoms with Gasteiger partial charge in [0, 0.05) is 18.0 Å². The van der Waals surface area contributed by atoms with Crippen molar-refractivity contribution in [2.24, 2.45) is 0 Å². The zero-order valence-corrected chi connectivity index (χ0v) is 10.8. The van der Waals surface area contributed by atoms with Gasteiger partial charge in [-0.1, -0.05) is 38.8 Å². The van der Waals surface area contributed by atoms with Crippen LogP contribution in [0.5, 0.6) is 0 Å². The maximum absolute atomic E-state index is 13.0. The standard InChI is InChI=1S/C15H22FN/c1-12(2)17-11-15(9-3-4-10-15)13-5-7-14(16)8-6-13/h5-8,12,17H,3-4,9-11H2,1-2H3. The normalized spacial score (nSPS) is 18.8. The van der Waals surface area contributed by atoms with Crippen LogP contribution in [0.3, 0.4) is 0 Å². The van der Waals surface area contributed by atoms with Crippen LogP contribution in [0.15, 0.2) is 24.3 Å². The van der Waals surface area contributed by atoms with E-state index < -0.39 is 0 Å². The van der Waals surface area contributed by atoms with Crippen LogP contribution in [0, 0.1) is 5.82 Å². The molecule has 17 heavy (non-hydrogen) atoms. The van der Waals surface area contributed by atoms with Gasteiger partial charge in [-0.05, 0) is 30.5 Å². The number of hydrogen-bond donors (Lipinski definition) is 1. The fourth-order valence-corrected chi connectivity index (χ4v) is 2.82. The molecule has 1 nitrogen and oxygen atoms in total. The Bertz CT molecular complexity index is 350. The van der Waals surface area contributed by atoms with E-state index >= 15 is 0 Å². The van der Waals surface area contributed by atoms with Crippen molar-refractivity contribution >= 4 is 0 Å². The van der Waals surface area contributed by atoms with Crippen LogP contribution < -0.4 is 5.32 Å². The quantitative estimate of drug-likeness (QED) is 0.840. The van der Waals surface area contributed by atoms with Crippen LogP contribution in [0.2, 0.25) is 0 Å². The first-order chi connectivity index (χ1) is 8.12. The molecule has 1 aliphatic rings. The fourth-order valence-electron chi connectivity index (χ4n) is 2.82. The Hall–Kier alpha value is -0.890. The Morgan fingerprint density at radius 1 is 1.18 bits per heavy atom. The van der Waals surface area contributed by atoms with Gasteiger partial charge in [0.15, 0.2) is 0 Å². The van der Waals surface area contributed by atoms with Crippen LogP contribution in [0.4, 0.5) is 4.39 Å². The zero-order valence-electron chi connectivity index (χ0n) is 10.8. The first kappa shape index (κ1) is 12.6. The molecule has 0 atom stereocenters. The Kier molecular flexibility index (Phi) is 3.82. The molecule has 2 rings (SSSR count). The third-order valence-corrected chi connectivity index (χ3v) is 3.87.